The highest BCUT2D eigenvalue weighted by Gasteiger charge is 2.07. The van der Waals surface area contributed by atoms with Crippen LogP contribution in [-0.2, 0) is 0 Å². The van der Waals surface area contributed by atoms with Gasteiger partial charge in [-0.3, -0.25) is 0 Å². The van der Waals surface area contributed by atoms with E-state index < -0.39 is 0 Å². The Balaban J connectivity index is 2.75. The van der Waals surface area contributed by atoms with E-state index in [0.717, 1.165) is 12.8 Å². The molecule has 14 heavy (non-hydrogen) atoms. The second-order valence-electron chi connectivity index (χ2n) is 3.02. The van der Waals surface area contributed by atoms with Crippen LogP contribution in [0, 0.1) is 0 Å². The smallest absolute Gasteiger partial charge is 0.156 e. The maximum absolute atomic E-state index is 5.92. The van der Waals surface area contributed by atoms with E-state index in [4.69, 9.17) is 33.7 Å². The Kier molecular flexibility index (Phi) is 4.36. The van der Waals surface area contributed by atoms with Crippen molar-refractivity contribution in [3.8, 4) is 5.75 Å². The number of unbranched alkanes of at least 4 members (excludes halogenated alkanes) is 1. The van der Waals surface area contributed by atoms with Gasteiger partial charge in [0.05, 0.1) is 16.7 Å². The molecular weight excluding hydrogens is 221 g/mol. The van der Waals surface area contributed by atoms with E-state index in [-0.39, 0.29) is 0 Å². The molecule has 0 fully saturated rings. The molecule has 0 heterocycles. The van der Waals surface area contributed by atoms with Crippen molar-refractivity contribution in [3.05, 3.63) is 22.2 Å². The molecule has 0 radical (unpaired) electrons. The van der Waals surface area contributed by atoms with Crippen molar-refractivity contribution in [3.63, 3.8) is 0 Å². The molecule has 1 rings (SSSR count). The number of ether oxygens (including phenoxy) is 1. The number of anilines is 1. The molecule has 78 valence electrons. The average molecular weight is 234 g/mol. The molecule has 0 amide bonds. The molecule has 0 aliphatic heterocycles. The molecule has 0 saturated heterocycles. The fraction of sp³-hybridized carbons (Fsp3) is 0.400. The second kappa shape index (κ2) is 5.32. The standard InChI is InChI=1S/C10H13Cl2NO/c1-2-3-4-14-10-8(11)5-7(13)6-9(10)12/h5-6H,2-4,13H2,1H3. The summed E-state index contributed by atoms with van der Waals surface area (Å²) in [6, 6.07) is 3.27. The Labute approximate surface area is 94.0 Å². The minimum absolute atomic E-state index is 0.464. The average Bonchev–Trinajstić information content (AvgIpc) is 2.09. The van der Waals surface area contributed by atoms with Gasteiger partial charge < -0.3 is 10.5 Å². The van der Waals surface area contributed by atoms with Crippen molar-refractivity contribution < 1.29 is 4.74 Å². The van der Waals surface area contributed by atoms with Gasteiger partial charge in [-0.15, -0.1) is 0 Å². The molecule has 4 heteroatoms. The van der Waals surface area contributed by atoms with E-state index in [1.807, 2.05) is 0 Å². The third-order valence-corrected chi connectivity index (χ3v) is 2.33. The fourth-order valence-electron chi connectivity index (χ4n) is 1.04. The Morgan fingerprint density at radius 1 is 1.29 bits per heavy atom. The summed E-state index contributed by atoms with van der Waals surface area (Å²) in [5.41, 5.74) is 6.10. The van der Waals surface area contributed by atoms with E-state index >= 15 is 0 Å². The number of rotatable bonds is 4. The van der Waals surface area contributed by atoms with Gasteiger partial charge >= 0.3 is 0 Å². The van der Waals surface area contributed by atoms with Crippen LogP contribution >= 0.6 is 23.2 Å². The Morgan fingerprint density at radius 3 is 2.36 bits per heavy atom. The SMILES string of the molecule is CCCCOc1c(Cl)cc(N)cc1Cl. The van der Waals surface area contributed by atoms with Crippen LogP contribution in [0.3, 0.4) is 0 Å². The third kappa shape index (κ3) is 2.96. The Hall–Kier alpha value is -0.600. The molecule has 0 atom stereocenters. The number of hydrogen-bond donors (Lipinski definition) is 1. The highest BCUT2D eigenvalue weighted by Crippen LogP contribution is 2.35. The number of benzene rings is 1. The zero-order chi connectivity index (χ0) is 10.6. The molecule has 1 aromatic rings. The van der Waals surface area contributed by atoms with Crippen LogP contribution < -0.4 is 10.5 Å². The van der Waals surface area contributed by atoms with Crippen molar-refractivity contribution in [2.45, 2.75) is 19.8 Å². The van der Waals surface area contributed by atoms with Crippen LogP contribution in [0.15, 0.2) is 12.1 Å². The quantitative estimate of drug-likeness (QED) is 0.635. The number of nitrogens with two attached hydrogens (primary N) is 1. The Bertz CT molecular complexity index is 292. The number of hydrogen-bond acceptors (Lipinski definition) is 2. The number of halogens is 2. The van der Waals surface area contributed by atoms with Gasteiger partial charge in [0.1, 0.15) is 0 Å². The molecule has 0 aliphatic rings. The molecule has 0 aliphatic carbocycles. The predicted molar refractivity (Wildman–Crippen MR) is 61.3 cm³/mol. The van der Waals surface area contributed by atoms with E-state index in [2.05, 4.69) is 6.92 Å². The lowest BCUT2D eigenvalue weighted by atomic mass is 10.3. The fourth-order valence-corrected chi connectivity index (χ4v) is 1.65. The van der Waals surface area contributed by atoms with Crippen molar-refractivity contribution >= 4 is 28.9 Å². The van der Waals surface area contributed by atoms with E-state index in [1.165, 1.54) is 0 Å². The van der Waals surface area contributed by atoms with E-state index in [0.29, 0.717) is 28.1 Å². The Morgan fingerprint density at radius 2 is 1.86 bits per heavy atom. The third-order valence-electron chi connectivity index (χ3n) is 1.76. The van der Waals surface area contributed by atoms with Gasteiger partial charge in [-0.05, 0) is 18.6 Å². The summed E-state index contributed by atoms with van der Waals surface area (Å²) in [5, 5.41) is 0.928. The van der Waals surface area contributed by atoms with Crippen LogP contribution in [0.1, 0.15) is 19.8 Å². The molecule has 0 aromatic heterocycles. The summed E-state index contributed by atoms with van der Waals surface area (Å²) < 4.78 is 5.44. The van der Waals surface area contributed by atoms with Crippen molar-refractivity contribution in [2.24, 2.45) is 0 Å². The molecule has 1 aromatic carbocycles. The minimum atomic E-state index is 0.464. The highest BCUT2D eigenvalue weighted by atomic mass is 35.5. The second-order valence-corrected chi connectivity index (χ2v) is 3.83. The van der Waals surface area contributed by atoms with Crippen molar-refractivity contribution in [1.29, 1.82) is 0 Å². The van der Waals surface area contributed by atoms with Gasteiger partial charge in [-0.1, -0.05) is 36.5 Å². The first-order valence-corrected chi connectivity index (χ1v) is 5.28. The monoisotopic (exact) mass is 233 g/mol. The highest BCUT2D eigenvalue weighted by molar-refractivity contribution is 6.37. The lowest BCUT2D eigenvalue weighted by molar-refractivity contribution is 0.310. The van der Waals surface area contributed by atoms with Gasteiger partial charge in [0.2, 0.25) is 0 Å². The first-order chi connectivity index (χ1) is 6.65. The summed E-state index contributed by atoms with van der Waals surface area (Å²) in [6.07, 6.45) is 2.06. The van der Waals surface area contributed by atoms with Crippen LogP contribution in [-0.4, -0.2) is 6.61 Å². The molecular formula is C10H13Cl2NO. The maximum atomic E-state index is 5.92. The van der Waals surface area contributed by atoms with Gasteiger partial charge in [-0.2, -0.15) is 0 Å². The minimum Gasteiger partial charge on any atom is -0.490 e. The van der Waals surface area contributed by atoms with Gasteiger partial charge in [0.25, 0.3) is 0 Å². The van der Waals surface area contributed by atoms with Crippen LogP contribution in [0.5, 0.6) is 5.75 Å². The first kappa shape index (κ1) is 11.5. The molecule has 0 saturated carbocycles. The van der Waals surface area contributed by atoms with Crippen LogP contribution in [0.25, 0.3) is 0 Å². The first-order valence-electron chi connectivity index (χ1n) is 4.52. The number of nitrogen functional groups attached to an aromatic ring is 1. The molecule has 0 spiro atoms. The van der Waals surface area contributed by atoms with Crippen LogP contribution in [0.2, 0.25) is 10.0 Å². The summed E-state index contributed by atoms with van der Waals surface area (Å²) in [7, 11) is 0. The maximum Gasteiger partial charge on any atom is 0.156 e. The summed E-state index contributed by atoms with van der Waals surface area (Å²) in [5.74, 6) is 0.524. The topological polar surface area (TPSA) is 35.2 Å². The molecule has 2 nitrogen and oxygen atoms in total. The van der Waals surface area contributed by atoms with Gasteiger partial charge in [0.15, 0.2) is 5.75 Å². The zero-order valence-corrected chi connectivity index (χ0v) is 9.53. The normalized spacial score (nSPS) is 10.2. The zero-order valence-electron chi connectivity index (χ0n) is 8.02. The van der Waals surface area contributed by atoms with Crippen molar-refractivity contribution in [2.75, 3.05) is 12.3 Å². The van der Waals surface area contributed by atoms with Crippen molar-refractivity contribution in [1.82, 2.24) is 0 Å². The summed E-state index contributed by atoms with van der Waals surface area (Å²) in [6.45, 7) is 2.72. The van der Waals surface area contributed by atoms with E-state index in [1.54, 1.807) is 12.1 Å². The lowest BCUT2D eigenvalue weighted by Crippen LogP contribution is -1.98. The lowest BCUT2D eigenvalue weighted by Gasteiger charge is -2.09. The molecule has 2 N–H and O–H groups in total. The van der Waals surface area contributed by atoms with Crippen LogP contribution in [0.4, 0.5) is 5.69 Å². The molecule has 0 bridgehead atoms. The predicted octanol–water partition coefficient (Wildman–Crippen LogP) is 3.75. The summed E-state index contributed by atoms with van der Waals surface area (Å²) >= 11 is 11.8. The summed E-state index contributed by atoms with van der Waals surface area (Å²) in [4.78, 5) is 0. The van der Waals surface area contributed by atoms with E-state index in [9.17, 15) is 0 Å². The molecule has 0 unspecified atom stereocenters. The van der Waals surface area contributed by atoms with Gasteiger partial charge in [0, 0.05) is 5.69 Å². The largest absolute Gasteiger partial charge is 0.490 e. The van der Waals surface area contributed by atoms with Gasteiger partial charge in [-0.25, -0.2) is 0 Å².